The molecule has 0 amide bonds. The average Bonchev–Trinajstić information content (AvgIpc) is 3.16. The van der Waals surface area contributed by atoms with Crippen LogP contribution in [-0.2, 0) is 12.4 Å². The molecule has 0 aliphatic carbocycles. The van der Waals surface area contributed by atoms with Gasteiger partial charge in [0.15, 0.2) is 21.7 Å². The van der Waals surface area contributed by atoms with E-state index >= 15 is 0 Å². The fraction of sp³-hybridized carbons (Fsp3) is 0.130. The second-order valence-electron chi connectivity index (χ2n) is 14.7. The van der Waals surface area contributed by atoms with E-state index in [2.05, 4.69) is 24.3 Å². The molecule has 10 rings (SSSR count). The highest BCUT2D eigenvalue weighted by Crippen LogP contribution is 2.38. The Balaban J connectivity index is 0.000000155. The standard InChI is InChI=1S/C24H18O2S2.C22H8F6O2S2/c1-11-5-13(3)21-19(7-11)27-17-9-16-18(10-15(17)23(21)25)28-20-8-12(2)6-14(4)22(20)24(16)26;23-21(24,25)9-1-3-15-11(5-9)19(29)13-8-18-14(7-17(13)31-15)20(30)12-6-10(22(26,27)28)2-4-16(12)32-18/h5-10H,1-4H3;1-8H. The van der Waals surface area contributed by atoms with E-state index in [-0.39, 0.29) is 32.4 Å². The van der Waals surface area contributed by atoms with Gasteiger partial charge in [0.1, 0.15) is 0 Å². The molecule has 0 spiro atoms. The van der Waals surface area contributed by atoms with Crippen molar-refractivity contribution in [2.45, 2.75) is 40.0 Å². The molecular formula is C46H26F6O4S4. The van der Waals surface area contributed by atoms with Gasteiger partial charge in [0, 0.05) is 80.7 Å². The predicted molar refractivity (Wildman–Crippen MR) is 238 cm³/mol. The van der Waals surface area contributed by atoms with Crippen LogP contribution in [0.1, 0.15) is 33.4 Å². The summed E-state index contributed by atoms with van der Waals surface area (Å²) < 4.78 is 83.5. The van der Waals surface area contributed by atoms with Gasteiger partial charge in [0.05, 0.1) is 11.1 Å². The van der Waals surface area contributed by atoms with Crippen LogP contribution in [0, 0.1) is 27.7 Å². The van der Waals surface area contributed by atoms with Crippen LogP contribution in [0.4, 0.5) is 26.3 Å². The first-order valence-corrected chi connectivity index (χ1v) is 21.4. The van der Waals surface area contributed by atoms with Crippen molar-refractivity contribution in [2.24, 2.45) is 0 Å². The van der Waals surface area contributed by atoms with E-state index < -0.39 is 34.3 Å². The van der Waals surface area contributed by atoms with Gasteiger partial charge in [-0.3, -0.25) is 19.2 Å². The summed E-state index contributed by atoms with van der Waals surface area (Å²) in [6, 6.07) is 20.7. The summed E-state index contributed by atoms with van der Waals surface area (Å²) in [7, 11) is 0. The minimum absolute atomic E-state index is 0.0586. The van der Waals surface area contributed by atoms with Crippen LogP contribution in [0.3, 0.4) is 0 Å². The van der Waals surface area contributed by atoms with E-state index in [1.807, 2.05) is 39.8 Å². The van der Waals surface area contributed by atoms with Crippen LogP contribution in [-0.4, -0.2) is 0 Å². The third-order valence-corrected chi connectivity index (χ3v) is 14.9. The molecule has 0 saturated heterocycles. The first kappa shape index (κ1) is 39.9. The summed E-state index contributed by atoms with van der Waals surface area (Å²) in [6.45, 7) is 8.08. The number of benzene rings is 6. The molecule has 0 saturated carbocycles. The Labute approximate surface area is 349 Å². The highest BCUT2D eigenvalue weighted by Gasteiger charge is 2.32. The molecule has 0 aliphatic heterocycles. The summed E-state index contributed by atoms with van der Waals surface area (Å²) in [5, 5.41) is 3.13. The first-order chi connectivity index (χ1) is 28.3. The molecule has 60 heavy (non-hydrogen) atoms. The van der Waals surface area contributed by atoms with Crippen molar-refractivity contribution in [1.82, 2.24) is 0 Å². The minimum atomic E-state index is -4.60. The fourth-order valence-corrected chi connectivity index (χ4v) is 12.4. The Kier molecular flexibility index (Phi) is 9.32. The molecule has 0 aliphatic rings. The zero-order chi connectivity index (χ0) is 42.7. The molecule has 0 radical (unpaired) electrons. The van der Waals surface area contributed by atoms with Gasteiger partial charge in [-0.15, -0.1) is 45.3 Å². The summed E-state index contributed by atoms with van der Waals surface area (Å²) in [5.41, 5.74) is 1.34. The van der Waals surface area contributed by atoms with E-state index in [9.17, 15) is 45.5 Å². The highest BCUT2D eigenvalue weighted by atomic mass is 32.1. The van der Waals surface area contributed by atoms with E-state index in [1.54, 1.807) is 22.7 Å². The molecule has 14 heteroatoms. The van der Waals surface area contributed by atoms with Gasteiger partial charge in [-0.2, -0.15) is 26.3 Å². The van der Waals surface area contributed by atoms with Crippen LogP contribution in [0.5, 0.6) is 0 Å². The molecule has 0 bridgehead atoms. The Morgan fingerprint density at radius 3 is 0.983 bits per heavy atom. The zero-order valence-electron chi connectivity index (χ0n) is 31.6. The number of aryl methyl sites for hydroxylation is 4. The zero-order valence-corrected chi connectivity index (χ0v) is 34.9. The monoisotopic (exact) mass is 884 g/mol. The number of fused-ring (bicyclic) bond motifs is 8. The summed E-state index contributed by atoms with van der Waals surface area (Å²) in [6.07, 6.45) is -9.20. The van der Waals surface area contributed by atoms with Crippen LogP contribution in [0.15, 0.2) is 104 Å². The Morgan fingerprint density at radius 2 is 0.650 bits per heavy atom. The molecule has 0 fully saturated rings. The van der Waals surface area contributed by atoms with Crippen LogP contribution >= 0.6 is 45.3 Å². The van der Waals surface area contributed by atoms with Gasteiger partial charge in [-0.25, -0.2) is 0 Å². The molecule has 300 valence electrons. The van der Waals surface area contributed by atoms with E-state index in [4.69, 9.17) is 0 Å². The lowest BCUT2D eigenvalue weighted by Gasteiger charge is -2.09. The fourth-order valence-electron chi connectivity index (χ4n) is 7.75. The summed E-state index contributed by atoms with van der Waals surface area (Å²) in [5.74, 6) is 0. The predicted octanol–water partition coefficient (Wildman–Crippen LogP) is 13.6. The Hall–Kier alpha value is -5.54. The second-order valence-corrected chi connectivity index (χ2v) is 19.1. The van der Waals surface area contributed by atoms with Gasteiger partial charge in [0.25, 0.3) is 0 Å². The van der Waals surface area contributed by atoms with Crippen LogP contribution in [0.2, 0.25) is 0 Å². The first-order valence-electron chi connectivity index (χ1n) is 18.2. The van der Waals surface area contributed by atoms with Gasteiger partial charge < -0.3 is 0 Å². The van der Waals surface area contributed by atoms with Gasteiger partial charge in [-0.05, 0) is 123 Å². The Bertz CT molecular complexity index is 3530. The smallest absolute Gasteiger partial charge is 0.289 e. The molecule has 0 N–H and O–H groups in total. The number of alkyl halides is 6. The van der Waals surface area contributed by atoms with E-state index in [0.717, 1.165) is 98.8 Å². The largest absolute Gasteiger partial charge is 0.416 e. The van der Waals surface area contributed by atoms with E-state index in [0.29, 0.717) is 29.6 Å². The molecular weight excluding hydrogens is 859 g/mol. The molecule has 6 aromatic carbocycles. The van der Waals surface area contributed by atoms with Gasteiger partial charge in [-0.1, -0.05) is 12.1 Å². The van der Waals surface area contributed by atoms with Gasteiger partial charge in [0.2, 0.25) is 0 Å². The maximum atomic E-state index is 13.3. The number of halogens is 6. The summed E-state index contributed by atoms with van der Waals surface area (Å²) in [4.78, 5) is 52.4. The maximum absolute atomic E-state index is 13.3. The van der Waals surface area contributed by atoms with E-state index in [1.165, 1.54) is 24.3 Å². The number of rotatable bonds is 0. The van der Waals surface area contributed by atoms with Crippen molar-refractivity contribution in [1.29, 1.82) is 0 Å². The number of hydrogen-bond donors (Lipinski definition) is 0. The lowest BCUT2D eigenvalue weighted by Crippen LogP contribution is -2.09. The van der Waals surface area contributed by atoms with Crippen molar-refractivity contribution in [3.05, 3.63) is 159 Å². The van der Waals surface area contributed by atoms with Crippen molar-refractivity contribution in [2.75, 3.05) is 0 Å². The second kappa shape index (κ2) is 14.0. The lowest BCUT2D eigenvalue weighted by molar-refractivity contribution is -0.138. The third kappa shape index (κ3) is 6.66. The van der Waals surface area contributed by atoms with Crippen molar-refractivity contribution in [3.8, 4) is 0 Å². The quantitative estimate of drug-likeness (QED) is 0.112. The van der Waals surface area contributed by atoms with Crippen LogP contribution < -0.4 is 21.7 Å². The normalized spacial score (nSPS) is 12.4. The van der Waals surface area contributed by atoms with Gasteiger partial charge >= 0.3 is 12.4 Å². The lowest BCUT2D eigenvalue weighted by atomic mass is 10.0. The Morgan fingerprint density at radius 1 is 0.350 bits per heavy atom. The van der Waals surface area contributed by atoms with Crippen molar-refractivity contribution >= 4 is 126 Å². The topological polar surface area (TPSA) is 68.3 Å². The molecule has 10 aromatic rings. The van der Waals surface area contributed by atoms with Crippen molar-refractivity contribution in [3.63, 3.8) is 0 Å². The average molecular weight is 885 g/mol. The molecule has 4 heterocycles. The third-order valence-electron chi connectivity index (χ3n) is 10.5. The number of hydrogen-bond acceptors (Lipinski definition) is 8. The SMILES string of the molecule is Cc1cc(C)c2c(=O)c3cc4sc5cc(C)cc(C)c5c(=O)c4cc3sc2c1.O=c1c2cc(C(F)(F)F)ccc2sc2cc3c(=O)c4cc(C(F)(F)F)ccc4sc3cc12. The van der Waals surface area contributed by atoms with Crippen molar-refractivity contribution < 1.29 is 26.3 Å². The highest BCUT2D eigenvalue weighted by molar-refractivity contribution is 7.26. The summed E-state index contributed by atoms with van der Waals surface area (Å²) >= 11 is 5.27. The molecule has 0 atom stereocenters. The van der Waals surface area contributed by atoms with Crippen LogP contribution in [0.25, 0.3) is 80.7 Å². The molecule has 4 nitrogen and oxygen atoms in total. The minimum Gasteiger partial charge on any atom is -0.289 e. The molecule has 0 unspecified atom stereocenters. The molecule has 4 aromatic heterocycles. The maximum Gasteiger partial charge on any atom is 0.416 e.